The molecule has 0 aliphatic carbocycles. The van der Waals surface area contributed by atoms with Crippen molar-refractivity contribution < 1.29 is 4.42 Å². The minimum Gasteiger partial charge on any atom is -0.419 e. The Morgan fingerprint density at radius 1 is 1.04 bits per heavy atom. The van der Waals surface area contributed by atoms with Crippen LogP contribution in [0, 0.1) is 11.3 Å². The van der Waals surface area contributed by atoms with E-state index in [1.165, 1.54) is 5.56 Å². The Kier molecular flexibility index (Phi) is 4.58. The number of aromatic nitrogens is 1. The van der Waals surface area contributed by atoms with Gasteiger partial charge < -0.3 is 9.73 Å². The minimum absolute atomic E-state index is 0.0926. The molecule has 4 heteroatoms. The molecule has 0 saturated heterocycles. The zero-order valence-corrected chi connectivity index (χ0v) is 14.7. The molecule has 1 N–H and O–H groups in total. The van der Waals surface area contributed by atoms with Crippen LogP contribution in [0.25, 0.3) is 11.5 Å². The summed E-state index contributed by atoms with van der Waals surface area (Å²) >= 11 is 0. The Labute approximate surface area is 148 Å². The van der Waals surface area contributed by atoms with E-state index in [4.69, 9.17) is 4.42 Å². The first-order valence-electron chi connectivity index (χ1n) is 8.27. The summed E-state index contributed by atoms with van der Waals surface area (Å²) in [4.78, 5) is 4.31. The molecular formula is C21H21N3O. The predicted octanol–water partition coefficient (Wildman–Crippen LogP) is 5.12. The van der Waals surface area contributed by atoms with E-state index in [0.717, 1.165) is 11.1 Å². The van der Waals surface area contributed by atoms with Crippen molar-refractivity contribution in [3.05, 3.63) is 71.4 Å². The summed E-state index contributed by atoms with van der Waals surface area (Å²) in [6.45, 7) is 7.10. The van der Waals surface area contributed by atoms with Gasteiger partial charge in [-0.15, -0.1) is 0 Å². The van der Waals surface area contributed by atoms with Crippen molar-refractivity contribution in [2.75, 3.05) is 5.32 Å². The molecule has 0 bridgehead atoms. The number of hydrogen-bond donors (Lipinski definition) is 1. The maximum atomic E-state index is 9.31. The molecule has 25 heavy (non-hydrogen) atoms. The van der Waals surface area contributed by atoms with Gasteiger partial charge in [0.05, 0.1) is 0 Å². The van der Waals surface area contributed by atoms with Gasteiger partial charge in [-0.05, 0) is 28.7 Å². The van der Waals surface area contributed by atoms with Crippen LogP contribution >= 0.6 is 0 Å². The van der Waals surface area contributed by atoms with Crippen molar-refractivity contribution in [3.8, 4) is 17.5 Å². The zero-order chi connectivity index (χ0) is 17.9. The van der Waals surface area contributed by atoms with Crippen LogP contribution in [0.4, 0.5) is 5.88 Å². The molecule has 0 fully saturated rings. The van der Waals surface area contributed by atoms with E-state index in [1.807, 2.05) is 42.5 Å². The monoisotopic (exact) mass is 331 g/mol. The lowest BCUT2D eigenvalue weighted by molar-refractivity contribution is 0.582. The van der Waals surface area contributed by atoms with Crippen LogP contribution in [0.2, 0.25) is 0 Å². The molecule has 2 aromatic carbocycles. The Bertz CT molecular complexity index is 882. The Morgan fingerprint density at radius 3 is 2.32 bits per heavy atom. The van der Waals surface area contributed by atoms with Gasteiger partial charge in [-0.1, -0.05) is 63.2 Å². The lowest BCUT2D eigenvalue weighted by Gasteiger charge is -2.18. The maximum absolute atomic E-state index is 9.31. The highest BCUT2D eigenvalue weighted by Crippen LogP contribution is 2.28. The van der Waals surface area contributed by atoms with Gasteiger partial charge in [0, 0.05) is 12.1 Å². The Balaban J connectivity index is 1.82. The first-order valence-corrected chi connectivity index (χ1v) is 8.27. The summed E-state index contributed by atoms with van der Waals surface area (Å²) in [6, 6.07) is 20.2. The molecule has 3 aromatic rings. The number of nitrogens with one attached hydrogen (secondary N) is 1. The fourth-order valence-electron chi connectivity index (χ4n) is 2.53. The average Bonchev–Trinajstić information content (AvgIpc) is 3.03. The predicted molar refractivity (Wildman–Crippen MR) is 99.1 cm³/mol. The quantitative estimate of drug-likeness (QED) is 0.720. The summed E-state index contributed by atoms with van der Waals surface area (Å²) in [5.74, 6) is 0.855. The van der Waals surface area contributed by atoms with Gasteiger partial charge >= 0.3 is 0 Å². The summed E-state index contributed by atoms with van der Waals surface area (Å²) < 4.78 is 5.79. The van der Waals surface area contributed by atoms with E-state index >= 15 is 0 Å². The van der Waals surface area contributed by atoms with Crippen molar-refractivity contribution in [2.45, 2.75) is 32.7 Å². The second-order valence-corrected chi connectivity index (χ2v) is 6.98. The number of benzene rings is 2. The first kappa shape index (κ1) is 16.8. The second-order valence-electron chi connectivity index (χ2n) is 6.98. The SMILES string of the molecule is CC(C)(C)c1ccc(-c2nc(C#N)c(NCc3ccccc3)o2)cc1. The third-order valence-corrected chi connectivity index (χ3v) is 4.03. The van der Waals surface area contributed by atoms with E-state index in [-0.39, 0.29) is 11.1 Å². The van der Waals surface area contributed by atoms with Crippen LogP contribution in [0.15, 0.2) is 59.0 Å². The third kappa shape index (κ3) is 3.89. The maximum Gasteiger partial charge on any atom is 0.232 e. The smallest absolute Gasteiger partial charge is 0.232 e. The molecule has 0 radical (unpaired) electrons. The van der Waals surface area contributed by atoms with Gasteiger partial charge in [0.1, 0.15) is 6.07 Å². The highest BCUT2D eigenvalue weighted by Gasteiger charge is 2.16. The number of rotatable bonds is 4. The van der Waals surface area contributed by atoms with Crippen LogP contribution in [-0.2, 0) is 12.0 Å². The molecule has 0 amide bonds. The van der Waals surface area contributed by atoms with E-state index in [1.54, 1.807) is 0 Å². The Hall–Kier alpha value is -3.06. The molecular weight excluding hydrogens is 310 g/mol. The summed E-state index contributed by atoms with van der Waals surface area (Å²) in [7, 11) is 0. The van der Waals surface area contributed by atoms with Gasteiger partial charge in [-0.3, -0.25) is 0 Å². The van der Waals surface area contributed by atoms with E-state index in [2.05, 4.69) is 49.3 Å². The lowest BCUT2D eigenvalue weighted by Crippen LogP contribution is -2.10. The van der Waals surface area contributed by atoms with Crippen LogP contribution in [-0.4, -0.2) is 4.98 Å². The first-order chi connectivity index (χ1) is 12.0. The van der Waals surface area contributed by atoms with Crippen molar-refractivity contribution >= 4 is 5.88 Å². The van der Waals surface area contributed by atoms with Crippen LogP contribution < -0.4 is 5.32 Å². The minimum atomic E-state index is 0.0926. The van der Waals surface area contributed by atoms with Gasteiger partial charge in [-0.2, -0.15) is 10.2 Å². The lowest BCUT2D eigenvalue weighted by atomic mass is 9.87. The summed E-state index contributed by atoms with van der Waals surface area (Å²) in [5.41, 5.74) is 3.57. The van der Waals surface area contributed by atoms with Crippen LogP contribution in [0.1, 0.15) is 37.6 Å². The molecule has 1 heterocycles. The van der Waals surface area contributed by atoms with Gasteiger partial charge in [0.25, 0.3) is 0 Å². The van der Waals surface area contributed by atoms with Crippen molar-refractivity contribution in [1.82, 2.24) is 4.98 Å². The van der Waals surface area contributed by atoms with E-state index in [0.29, 0.717) is 18.3 Å². The van der Waals surface area contributed by atoms with Crippen molar-refractivity contribution in [1.29, 1.82) is 5.26 Å². The normalized spacial score (nSPS) is 11.1. The third-order valence-electron chi connectivity index (χ3n) is 4.03. The zero-order valence-electron chi connectivity index (χ0n) is 14.7. The van der Waals surface area contributed by atoms with Crippen LogP contribution in [0.3, 0.4) is 0 Å². The molecule has 0 spiro atoms. The van der Waals surface area contributed by atoms with Gasteiger partial charge in [0.2, 0.25) is 17.5 Å². The van der Waals surface area contributed by atoms with E-state index < -0.39 is 0 Å². The topological polar surface area (TPSA) is 61.9 Å². The number of nitriles is 1. The molecule has 0 aliphatic rings. The summed E-state index contributed by atoms with van der Waals surface area (Å²) in [6.07, 6.45) is 0. The molecule has 3 rings (SSSR count). The van der Waals surface area contributed by atoms with Crippen LogP contribution in [0.5, 0.6) is 0 Å². The largest absolute Gasteiger partial charge is 0.419 e. The number of hydrogen-bond acceptors (Lipinski definition) is 4. The standard InChI is InChI=1S/C21H21N3O/c1-21(2,3)17-11-9-16(10-12-17)19-24-18(13-22)20(25-19)23-14-15-7-5-4-6-8-15/h4-12,23H,14H2,1-3H3. The van der Waals surface area contributed by atoms with Gasteiger partial charge in [-0.25, -0.2) is 0 Å². The molecule has 0 atom stereocenters. The van der Waals surface area contributed by atoms with Crippen molar-refractivity contribution in [2.24, 2.45) is 0 Å². The molecule has 1 aromatic heterocycles. The highest BCUT2D eigenvalue weighted by atomic mass is 16.4. The number of anilines is 1. The fraction of sp³-hybridized carbons (Fsp3) is 0.238. The number of oxazole rings is 1. The summed E-state index contributed by atoms with van der Waals surface area (Å²) in [5, 5.41) is 12.5. The Morgan fingerprint density at radius 2 is 1.72 bits per heavy atom. The number of nitrogens with zero attached hydrogens (tertiary/aromatic N) is 2. The average molecular weight is 331 g/mol. The van der Waals surface area contributed by atoms with E-state index in [9.17, 15) is 5.26 Å². The molecule has 126 valence electrons. The molecule has 0 aliphatic heterocycles. The molecule has 0 unspecified atom stereocenters. The second kappa shape index (κ2) is 6.82. The molecule has 0 saturated carbocycles. The fourth-order valence-corrected chi connectivity index (χ4v) is 2.53. The van der Waals surface area contributed by atoms with Crippen molar-refractivity contribution in [3.63, 3.8) is 0 Å². The highest BCUT2D eigenvalue weighted by molar-refractivity contribution is 5.59. The van der Waals surface area contributed by atoms with Gasteiger partial charge in [0.15, 0.2) is 0 Å². The molecule has 4 nitrogen and oxygen atoms in total.